The number of likely N-dealkylation sites (tertiary alicyclic amines) is 1. The van der Waals surface area contributed by atoms with Gasteiger partial charge in [0.1, 0.15) is 4.88 Å². The van der Waals surface area contributed by atoms with E-state index in [9.17, 15) is 4.79 Å². The Morgan fingerprint density at radius 2 is 2.11 bits per heavy atom. The molecule has 2 aliphatic rings. The highest BCUT2D eigenvalue weighted by molar-refractivity contribution is 7.21. The number of halogens is 1. The van der Waals surface area contributed by atoms with Gasteiger partial charge in [-0.25, -0.2) is 9.97 Å². The van der Waals surface area contributed by atoms with Crippen molar-refractivity contribution >= 4 is 55.5 Å². The average molecular weight is 509 g/mol. The number of carbonyl (C=O) groups is 1. The number of nitrogens with one attached hydrogen (secondary N) is 2. The summed E-state index contributed by atoms with van der Waals surface area (Å²) in [5.74, 6) is 0.817. The van der Waals surface area contributed by atoms with Crippen LogP contribution in [0.1, 0.15) is 41.9 Å². The van der Waals surface area contributed by atoms with Gasteiger partial charge < -0.3 is 15.4 Å². The van der Waals surface area contributed by atoms with Crippen LogP contribution in [-0.2, 0) is 6.54 Å². The van der Waals surface area contributed by atoms with Crippen LogP contribution >= 0.6 is 22.9 Å². The molecule has 1 amide bonds. The standard InChI is InChI=1S/C25H25ClN6O2S/c1-13-10-27-21-20-16-5-8-19(30-17(16)6-7-18(20)35-22(21)23(33)29-13)34-24-15(11-28-25(26)31-24)12-32-9-3-4-14(32)2/h5-8,11,13-14,27H,3-4,9-10,12H2,1-2H3,(H,29,33)/t13-,14+/m0/s1. The van der Waals surface area contributed by atoms with Gasteiger partial charge in [-0.1, -0.05) is 0 Å². The lowest BCUT2D eigenvalue weighted by Gasteiger charge is -2.21. The largest absolute Gasteiger partial charge is 0.420 e. The van der Waals surface area contributed by atoms with Gasteiger partial charge in [-0.2, -0.15) is 4.98 Å². The van der Waals surface area contributed by atoms with Crippen molar-refractivity contribution in [1.82, 2.24) is 25.2 Å². The summed E-state index contributed by atoms with van der Waals surface area (Å²) in [6.45, 7) is 6.64. The number of aromatic nitrogens is 3. The van der Waals surface area contributed by atoms with Crippen LogP contribution in [0.25, 0.3) is 21.0 Å². The predicted molar refractivity (Wildman–Crippen MR) is 139 cm³/mol. The number of anilines is 1. The van der Waals surface area contributed by atoms with Crippen LogP contribution in [0.3, 0.4) is 0 Å². The summed E-state index contributed by atoms with van der Waals surface area (Å²) in [5.41, 5.74) is 2.54. The van der Waals surface area contributed by atoms with Crippen molar-refractivity contribution in [2.45, 2.75) is 45.3 Å². The van der Waals surface area contributed by atoms with Crippen LogP contribution in [0.5, 0.6) is 11.8 Å². The molecule has 35 heavy (non-hydrogen) atoms. The van der Waals surface area contributed by atoms with Gasteiger partial charge in [-0.05, 0) is 63.0 Å². The highest BCUT2D eigenvalue weighted by Crippen LogP contribution is 2.41. The van der Waals surface area contributed by atoms with E-state index >= 15 is 0 Å². The Morgan fingerprint density at radius 3 is 2.94 bits per heavy atom. The van der Waals surface area contributed by atoms with Crippen molar-refractivity contribution in [1.29, 1.82) is 0 Å². The highest BCUT2D eigenvalue weighted by Gasteiger charge is 2.25. The van der Waals surface area contributed by atoms with Gasteiger partial charge in [0.15, 0.2) is 0 Å². The number of amides is 1. The Morgan fingerprint density at radius 1 is 1.23 bits per heavy atom. The predicted octanol–water partition coefficient (Wildman–Crippen LogP) is 5.21. The lowest BCUT2D eigenvalue weighted by atomic mass is 10.1. The normalized spacial score (nSPS) is 20.5. The number of nitrogens with zero attached hydrogens (tertiary/aromatic N) is 4. The first kappa shape index (κ1) is 22.5. The number of fused-ring (bicyclic) bond motifs is 5. The maximum absolute atomic E-state index is 12.7. The lowest BCUT2D eigenvalue weighted by molar-refractivity contribution is 0.0949. The lowest BCUT2D eigenvalue weighted by Crippen LogP contribution is -2.34. The number of pyridine rings is 1. The van der Waals surface area contributed by atoms with E-state index in [0.29, 0.717) is 35.8 Å². The molecule has 0 spiro atoms. The molecule has 1 saturated heterocycles. The number of benzene rings is 1. The Balaban J connectivity index is 1.36. The summed E-state index contributed by atoms with van der Waals surface area (Å²) in [4.78, 5) is 29.1. The summed E-state index contributed by atoms with van der Waals surface area (Å²) in [6.07, 6.45) is 4.11. The van der Waals surface area contributed by atoms with Crippen molar-refractivity contribution in [3.63, 3.8) is 0 Å². The van der Waals surface area contributed by atoms with Crippen molar-refractivity contribution in [3.05, 3.63) is 46.2 Å². The van der Waals surface area contributed by atoms with E-state index in [2.05, 4.69) is 32.4 Å². The zero-order chi connectivity index (χ0) is 24.1. The van der Waals surface area contributed by atoms with Gasteiger partial charge in [0.2, 0.25) is 17.0 Å². The minimum Gasteiger partial charge on any atom is -0.420 e. The third-order valence-electron chi connectivity index (χ3n) is 6.73. The molecule has 0 saturated carbocycles. The van der Waals surface area contributed by atoms with Gasteiger partial charge in [-0.15, -0.1) is 11.3 Å². The first-order valence-corrected chi connectivity index (χ1v) is 13.0. The molecule has 0 unspecified atom stereocenters. The molecule has 3 aromatic heterocycles. The maximum atomic E-state index is 12.7. The zero-order valence-electron chi connectivity index (χ0n) is 19.5. The fraction of sp³-hybridized carbons (Fsp3) is 0.360. The minimum atomic E-state index is -0.0414. The second kappa shape index (κ2) is 8.89. The molecule has 2 N–H and O–H groups in total. The van der Waals surface area contributed by atoms with E-state index < -0.39 is 0 Å². The molecule has 0 aliphatic carbocycles. The molecule has 2 aliphatic heterocycles. The molecule has 5 heterocycles. The van der Waals surface area contributed by atoms with Crippen molar-refractivity contribution in [2.75, 3.05) is 18.4 Å². The monoisotopic (exact) mass is 508 g/mol. The van der Waals surface area contributed by atoms with Crippen molar-refractivity contribution < 1.29 is 9.53 Å². The molecule has 1 fully saturated rings. The number of hydrogen-bond acceptors (Lipinski definition) is 8. The zero-order valence-corrected chi connectivity index (χ0v) is 21.0. The molecule has 0 radical (unpaired) electrons. The summed E-state index contributed by atoms with van der Waals surface area (Å²) in [6, 6.07) is 8.37. The smallest absolute Gasteiger partial charge is 0.263 e. The number of thiophene rings is 1. The third-order valence-corrected chi connectivity index (χ3v) is 8.06. The molecule has 180 valence electrons. The fourth-order valence-electron chi connectivity index (χ4n) is 4.88. The molecule has 10 heteroatoms. The van der Waals surface area contributed by atoms with Crippen LogP contribution < -0.4 is 15.4 Å². The summed E-state index contributed by atoms with van der Waals surface area (Å²) in [5, 5.41) is 8.61. The van der Waals surface area contributed by atoms with Crippen LogP contribution in [-0.4, -0.2) is 50.9 Å². The van der Waals surface area contributed by atoms with Gasteiger partial charge in [-0.3, -0.25) is 9.69 Å². The Labute approximate surface area is 211 Å². The summed E-state index contributed by atoms with van der Waals surface area (Å²) in [7, 11) is 0. The minimum absolute atomic E-state index is 0.0414. The Hall–Kier alpha value is -3.01. The van der Waals surface area contributed by atoms with Gasteiger partial charge >= 0.3 is 0 Å². The van der Waals surface area contributed by atoms with E-state index in [1.165, 1.54) is 24.2 Å². The van der Waals surface area contributed by atoms with Crippen LogP contribution in [0.4, 0.5) is 5.69 Å². The average Bonchev–Trinajstić information content (AvgIpc) is 3.38. The van der Waals surface area contributed by atoms with Gasteiger partial charge in [0.25, 0.3) is 5.91 Å². The van der Waals surface area contributed by atoms with E-state index in [-0.39, 0.29) is 17.2 Å². The van der Waals surface area contributed by atoms with E-state index in [1.54, 1.807) is 6.20 Å². The molecule has 8 nitrogen and oxygen atoms in total. The molecule has 4 aromatic rings. The number of ether oxygens (including phenoxy) is 1. The van der Waals surface area contributed by atoms with Crippen molar-refractivity contribution in [2.24, 2.45) is 0 Å². The first-order chi connectivity index (χ1) is 17.0. The van der Waals surface area contributed by atoms with Crippen molar-refractivity contribution in [3.8, 4) is 11.8 Å². The third kappa shape index (κ3) is 4.17. The maximum Gasteiger partial charge on any atom is 0.263 e. The first-order valence-electron chi connectivity index (χ1n) is 11.8. The van der Waals surface area contributed by atoms with Crippen LogP contribution in [0, 0.1) is 0 Å². The van der Waals surface area contributed by atoms with Crippen LogP contribution in [0.2, 0.25) is 5.28 Å². The number of hydrogen-bond donors (Lipinski definition) is 2. The molecule has 2 atom stereocenters. The van der Waals surface area contributed by atoms with E-state index in [1.807, 2.05) is 31.2 Å². The molecule has 0 bridgehead atoms. The second-order valence-electron chi connectivity index (χ2n) is 9.25. The van der Waals surface area contributed by atoms with E-state index in [4.69, 9.17) is 21.3 Å². The Bertz CT molecular complexity index is 1460. The fourth-order valence-corrected chi connectivity index (χ4v) is 6.10. The quantitative estimate of drug-likeness (QED) is 0.365. The number of carbonyl (C=O) groups excluding carboxylic acids is 1. The Kier molecular flexibility index (Phi) is 5.70. The van der Waals surface area contributed by atoms with Crippen LogP contribution in [0.15, 0.2) is 30.5 Å². The topological polar surface area (TPSA) is 92.3 Å². The molecular weight excluding hydrogens is 484 g/mol. The molecule has 6 rings (SSSR count). The summed E-state index contributed by atoms with van der Waals surface area (Å²) >= 11 is 7.60. The molecular formula is C25H25ClN6O2S. The van der Waals surface area contributed by atoms with Gasteiger partial charge in [0, 0.05) is 58.5 Å². The summed E-state index contributed by atoms with van der Waals surface area (Å²) < 4.78 is 7.19. The van der Waals surface area contributed by atoms with Gasteiger partial charge in [0.05, 0.1) is 11.2 Å². The number of rotatable bonds is 4. The highest BCUT2D eigenvalue weighted by atomic mass is 35.5. The van der Waals surface area contributed by atoms with E-state index in [0.717, 1.165) is 38.8 Å². The second-order valence-corrected chi connectivity index (χ2v) is 10.6. The molecule has 1 aromatic carbocycles. The SMILES string of the molecule is C[C@@H]1CCCN1Cc1cnc(Cl)nc1Oc1ccc2c(ccc3sc4c(c32)NC[C@H](C)NC4=O)n1.